The molecule has 3 aromatic rings. The first kappa shape index (κ1) is 17.2. The quantitative estimate of drug-likeness (QED) is 0.682. The van der Waals surface area contributed by atoms with E-state index in [1.807, 2.05) is 77.7 Å². The van der Waals surface area contributed by atoms with Crippen molar-refractivity contribution in [1.29, 1.82) is 0 Å². The van der Waals surface area contributed by atoms with E-state index in [4.69, 9.17) is 9.47 Å². The number of benzene rings is 3. The van der Waals surface area contributed by atoms with Crippen LogP contribution in [0.1, 0.15) is 21.5 Å². The molecule has 1 aliphatic rings. The summed E-state index contributed by atoms with van der Waals surface area (Å²) in [6.07, 6.45) is 0. The number of fused-ring (bicyclic) bond motifs is 1. The van der Waals surface area contributed by atoms with Crippen molar-refractivity contribution in [3.8, 4) is 11.5 Å². The van der Waals surface area contributed by atoms with Gasteiger partial charge in [0.1, 0.15) is 13.2 Å². The van der Waals surface area contributed by atoms with E-state index in [-0.39, 0.29) is 5.91 Å². The molecular formula is C23H21NO3. The van der Waals surface area contributed by atoms with Crippen LogP contribution in [0.15, 0.2) is 78.9 Å². The Hall–Kier alpha value is -3.27. The van der Waals surface area contributed by atoms with Crippen LogP contribution in [-0.4, -0.2) is 24.0 Å². The highest BCUT2D eigenvalue weighted by Crippen LogP contribution is 2.34. The van der Waals surface area contributed by atoms with Crippen LogP contribution < -0.4 is 9.47 Å². The van der Waals surface area contributed by atoms with Gasteiger partial charge in [-0.15, -0.1) is 0 Å². The van der Waals surface area contributed by atoms with E-state index in [0.29, 0.717) is 43.4 Å². The van der Waals surface area contributed by atoms with E-state index in [2.05, 4.69) is 0 Å². The largest absolute Gasteiger partial charge is 0.486 e. The van der Waals surface area contributed by atoms with Crippen molar-refractivity contribution >= 4 is 5.91 Å². The number of para-hydroxylation sites is 1. The highest BCUT2D eigenvalue weighted by atomic mass is 16.6. The first-order valence-electron chi connectivity index (χ1n) is 9.07. The summed E-state index contributed by atoms with van der Waals surface area (Å²) in [7, 11) is 0. The summed E-state index contributed by atoms with van der Waals surface area (Å²) in [5, 5.41) is 0. The minimum atomic E-state index is -0.0648. The van der Waals surface area contributed by atoms with Gasteiger partial charge >= 0.3 is 0 Å². The minimum Gasteiger partial charge on any atom is -0.486 e. The Labute approximate surface area is 159 Å². The number of hydrogen-bond acceptors (Lipinski definition) is 3. The molecule has 0 N–H and O–H groups in total. The van der Waals surface area contributed by atoms with Crippen LogP contribution >= 0.6 is 0 Å². The molecule has 4 nitrogen and oxygen atoms in total. The van der Waals surface area contributed by atoms with Crippen molar-refractivity contribution in [1.82, 2.24) is 4.90 Å². The molecule has 1 heterocycles. The van der Waals surface area contributed by atoms with Crippen LogP contribution in [0, 0.1) is 0 Å². The van der Waals surface area contributed by atoms with Crippen LogP contribution in [0.25, 0.3) is 0 Å². The van der Waals surface area contributed by atoms with E-state index in [9.17, 15) is 4.79 Å². The van der Waals surface area contributed by atoms with Gasteiger partial charge < -0.3 is 14.4 Å². The zero-order chi connectivity index (χ0) is 18.5. The number of hydrogen-bond donors (Lipinski definition) is 0. The molecule has 0 fully saturated rings. The molecule has 27 heavy (non-hydrogen) atoms. The Balaban J connectivity index is 1.66. The molecular weight excluding hydrogens is 338 g/mol. The molecule has 4 heteroatoms. The molecule has 136 valence electrons. The van der Waals surface area contributed by atoms with Gasteiger partial charge in [0.25, 0.3) is 5.91 Å². The molecule has 1 amide bonds. The Morgan fingerprint density at radius 3 is 1.96 bits per heavy atom. The van der Waals surface area contributed by atoms with Gasteiger partial charge in [0, 0.05) is 13.1 Å². The van der Waals surface area contributed by atoms with E-state index in [1.54, 1.807) is 6.07 Å². The zero-order valence-electron chi connectivity index (χ0n) is 15.0. The number of ether oxygens (including phenoxy) is 2. The second-order valence-corrected chi connectivity index (χ2v) is 6.46. The zero-order valence-corrected chi connectivity index (χ0v) is 15.0. The normalized spacial score (nSPS) is 12.4. The summed E-state index contributed by atoms with van der Waals surface area (Å²) in [5.41, 5.74) is 2.71. The fourth-order valence-corrected chi connectivity index (χ4v) is 3.22. The van der Waals surface area contributed by atoms with Crippen LogP contribution in [0.4, 0.5) is 0 Å². The third kappa shape index (κ3) is 3.95. The van der Waals surface area contributed by atoms with Gasteiger partial charge in [-0.25, -0.2) is 0 Å². The number of carbonyl (C=O) groups excluding carboxylic acids is 1. The molecule has 4 rings (SSSR count). The topological polar surface area (TPSA) is 38.8 Å². The Bertz CT molecular complexity index is 868. The Kier molecular flexibility index (Phi) is 5.06. The molecule has 3 aromatic carbocycles. The van der Waals surface area contributed by atoms with Gasteiger partial charge in [-0.3, -0.25) is 4.79 Å². The number of nitrogens with zero attached hydrogens (tertiary/aromatic N) is 1. The maximum absolute atomic E-state index is 13.4. The predicted molar refractivity (Wildman–Crippen MR) is 104 cm³/mol. The summed E-state index contributed by atoms with van der Waals surface area (Å²) in [5.74, 6) is 1.11. The summed E-state index contributed by atoms with van der Waals surface area (Å²) in [4.78, 5) is 15.3. The molecule has 0 bridgehead atoms. The SMILES string of the molecule is O=C(c1cccc2c1OCCO2)N(Cc1ccccc1)Cc1ccccc1. The van der Waals surface area contributed by atoms with Gasteiger partial charge in [0.15, 0.2) is 11.5 Å². The maximum atomic E-state index is 13.4. The fourth-order valence-electron chi connectivity index (χ4n) is 3.22. The average Bonchev–Trinajstić information content (AvgIpc) is 2.74. The van der Waals surface area contributed by atoms with Crippen molar-refractivity contribution < 1.29 is 14.3 Å². The molecule has 0 saturated carbocycles. The lowest BCUT2D eigenvalue weighted by Crippen LogP contribution is -2.31. The molecule has 0 spiro atoms. The maximum Gasteiger partial charge on any atom is 0.258 e. The average molecular weight is 359 g/mol. The molecule has 0 unspecified atom stereocenters. The molecule has 0 radical (unpaired) electrons. The van der Waals surface area contributed by atoms with Gasteiger partial charge in [-0.05, 0) is 23.3 Å². The third-order valence-electron chi connectivity index (χ3n) is 4.52. The van der Waals surface area contributed by atoms with E-state index in [1.165, 1.54) is 0 Å². The predicted octanol–water partition coefficient (Wildman–Crippen LogP) is 4.30. The lowest BCUT2D eigenvalue weighted by molar-refractivity contribution is 0.0719. The first-order chi connectivity index (χ1) is 13.3. The van der Waals surface area contributed by atoms with Crippen LogP contribution in [0.2, 0.25) is 0 Å². The van der Waals surface area contributed by atoms with Crippen molar-refractivity contribution in [3.05, 3.63) is 95.6 Å². The Morgan fingerprint density at radius 2 is 1.33 bits per heavy atom. The molecule has 0 aliphatic carbocycles. The van der Waals surface area contributed by atoms with Gasteiger partial charge in [-0.1, -0.05) is 66.7 Å². The number of rotatable bonds is 5. The van der Waals surface area contributed by atoms with Crippen LogP contribution in [0.3, 0.4) is 0 Å². The van der Waals surface area contributed by atoms with Gasteiger partial charge in [0.2, 0.25) is 0 Å². The van der Waals surface area contributed by atoms with Gasteiger partial charge in [0.05, 0.1) is 5.56 Å². The van der Waals surface area contributed by atoms with Crippen molar-refractivity contribution in [2.75, 3.05) is 13.2 Å². The highest BCUT2D eigenvalue weighted by Gasteiger charge is 2.24. The molecule has 0 aromatic heterocycles. The smallest absolute Gasteiger partial charge is 0.258 e. The van der Waals surface area contributed by atoms with Gasteiger partial charge in [-0.2, -0.15) is 0 Å². The Morgan fingerprint density at radius 1 is 0.741 bits per heavy atom. The molecule has 0 saturated heterocycles. The summed E-state index contributed by atoms with van der Waals surface area (Å²) in [6.45, 7) is 2.01. The van der Waals surface area contributed by atoms with Crippen LogP contribution in [0.5, 0.6) is 11.5 Å². The third-order valence-corrected chi connectivity index (χ3v) is 4.52. The molecule has 0 atom stereocenters. The van der Waals surface area contributed by atoms with Crippen molar-refractivity contribution in [3.63, 3.8) is 0 Å². The second kappa shape index (κ2) is 7.96. The fraction of sp³-hybridized carbons (Fsp3) is 0.174. The van der Waals surface area contributed by atoms with Crippen molar-refractivity contribution in [2.24, 2.45) is 0 Å². The summed E-state index contributed by atoms with van der Waals surface area (Å²) < 4.78 is 11.4. The minimum absolute atomic E-state index is 0.0648. The lowest BCUT2D eigenvalue weighted by atomic mass is 10.1. The van der Waals surface area contributed by atoms with E-state index >= 15 is 0 Å². The van der Waals surface area contributed by atoms with Crippen LogP contribution in [-0.2, 0) is 13.1 Å². The first-order valence-corrected chi connectivity index (χ1v) is 9.07. The number of carbonyl (C=O) groups is 1. The standard InChI is InChI=1S/C23H21NO3/c25-23(20-12-7-13-21-22(20)27-15-14-26-21)24(16-18-8-3-1-4-9-18)17-19-10-5-2-6-11-19/h1-13H,14-17H2. The highest BCUT2D eigenvalue weighted by molar-refractivity contribution is 5.97. The van der Waals surface area contributed by atoms with E-state index in [0.717, 1.165) is 11.1 Å². The summed E-state index contributed by atoms with van der Waals surface area (Å²) >= 11 is 0. The summed E-state index contributed by atoms with van der Waals surface area (Å²) in [6, 6.07) is 25.5. The lowest BCUT2D eigenvalue weighted by Gasteiger charge is -2.26. The second-order valence-electron chi connectivity index (χ2n) is 6.46. The van der Waals surface area contributed by atoms with E-state index < -0.39 is 0 Å². The monoisotopic (exact) mass is 359 g/mol. The number of amides is 1. The molecule has 1 aliphatic heterocycles. The van der Waals surface area contributed by atoms with Crippen molar-refractivity contribution in [2.45, 2.75) is 13.1 Å².